The number of nitrogens with one attached hydrogen (secondary N) is 2. The molecule has 0 spiro atoms. The SMILES string of the molecule is O=C(NCCCOc1cccc2cccnc12)c1ccc[nH]c1=S. The van der Waals surface area contributed by atoms with E-state index in [9.17, 15) is 4.79 Å². The fourth-order valence-electron chi connectivity index (χ4n) is 2.34. The fraction of sp³-hybridized carbons (Fsp3) is 0.167. The van der Waals surface area contributed by atoms with Crippen LogP contribution in [0.2, 0.25) is 0 Å². The zero-order chi connectivity index (χ0) is 16.8. The highest BCUT2D eigenvalue weighted by Crippen LogP contribution is 2.22. The molecular weight excluding hydrogens is 322 g/mol. The molecule has 24 heavy (non-hydrogen) atoms. The van der Waals surface area contributed by atoms with Crippen LogP contribution in [0.5, 0.6) is 5.75 Å². The lowest BCUT2D eigenvalue weighted by Gasteiger charge is -2.09. The molecule has 122 valence electrons. The molecule has 5 nitrogen and oxygen atoms in total. The van der Waals surface area contributed by atoms with E-state index in [2.05, 4.69) is 15.3 Å². The molecule has 2 aromatic heterocycles. The Morgan fingerprint density at radius 3 is 2.96 bits per heavy atom. The zero-order valence-corrected chi connectivity index (χ0v) is 13.8. The number of nitrogens with zero attached hydrogens (tertiary/aromatic N) is 1. The molecule has 2 heterocycles. The summed E-state index contributed by atoms with van der Waals surface area (Å²) in [4.78, 5) is 19.2. The van der Waals surface area contributed by atoms with Gasteiger partial charge in [0.25, 0.3) is 5.91 Å². The van der Waals surface area contributed by atoms with Gasteiger partial charge in [0.05, 0.1) is 12.2 Å². The van der Waals surface area contributed by atoms with Gasteiger partial charge in [-0.1, -0.05) is 30.4 Å². The predicted octanol–water partition coefficient (Wildman–Crippen LogP) is 3.49. The first-order chi connectivity index (χ1) is 11.8. The summed E-state index contributed by atoms with van der Waals surface area (Å²) in [5.74, 6) is 0.577. The van der Waals surface area contributed by atoms with Crippen molar-refractivity contribution < 1.29 is 9.53 Å². The largest absolute Gasteiger partial charge is 0.491 e. The highest BCUT2D eigenvalue weighted by molar-refractivity contribution is 7.71. The van der Waals surface area contributed by atoms with E-state index in [0.29, 0.717) is 29.8 Å². The van der Waals surface area contributed by atoms with E-state index >= 15 is 0 Å². The topological polar surface area (TPSA) is 67.0 Å². The van der Waals surface area contributed by atoms with Crippen LogP contribution in [0.1, 0.15) is 16.8 Å². The van der Waals surface area contributed by atoms with E-state index in [1.54, 1.807) is 24.5 Å². The van der Waals surface area contributed by atoms with Gasteiger partial charge in [-0.25, -0.2) is 0 Å². The van der Waals surface area contributed by atoms with Gasteiger partial charge in [0.15, 0.2) is 0 Å². The quantitative estimate of drug-likeness (QED) is 0.533. The first kappa shape index (κ1) is 16.1. The van der Waals surface area contributed by atoms with Crippen molar-refractivity contribution in [3.8, 4) is 5.75 Å². The number of para-hydroxylation sites is 1. The lowest BCUT2D eigenvalue weighted by Crippen LogP contribution is -2.26. The average Bonchev–Trinajstić information content (AvgIpc) is 2.62. The normalized spacial score (nSPS) is 10.5. The molecule has 6 heteroatoms. The molecule has 0 saturated carbocycles. The van der Waals surface area contributed by atoms with E-state index in [-0.39, 0.29) is 5.91 Å². The Kier molecular flexibility index (Phi) is 5.18. The summed E-state index contributed by atoms with van der Waals surface area (Å²) in [7, 11) is 0. The third kappa shape index (κ3) is 3.78. The smallest absolute Gasteiger partial charge is 0.254 e. The van der Waals surface area contributed by atoms with Crippen LogP contribution in [0, 0.1) is 4.64 Å². The summed E-state index contributed by atoms with van der Waals surface area (Å²) < 4.78 is 6.23. The molecule has 0 aliphatic heterocycles. The van der Waals surface area contributed by atoms with Gasteiger partial charge in [-0.15, -0.1) is 0 Å². The van der Waals surface area contributed by atoms with Crippen molar-refractivity contribution in [2.45, 2.75) is 6.42 Å². The van der Waals surface area contributed by atoms with Crippen LogP contribution in [0.4, 0.5) is 0 Å². The lowest BCUT2D eigenvalue weighted by molar-refractivity contribution is 0.0950. The molecule has 0 unspecified atom stereocenters. The van der Waals surface area contributed by atoms with Gasteiger partial charge in [-0.05, 0) is 30.7 Å². The number of aromatic amines is 1. The summed E-state index contributed by atoms with van der Waals surface area (Å²) in [5, 5.41) is 3.89. The third-order valence-corrected chi connectivity index (χ3v) is 3.86. The Balaban J connectivity index is 1.50. The summed E-state index contributed by atoms with van der Waals surface area (Å²) in [6.07, 6.45) is 4.14. The van der Waals surface area contributed by atoms with Crippen molar-refractivity contribution in [2.75, 3.05) is 13.2 Å². The summed E-state index contributed by atoms with van der Waals surface area (Å²) in [6, 6.07) is 13.2. The van der Waals surface area contributed by atoms with Crippen LogP contribution in [-0.2, 0) is 0 Å². The molecule has 3 rings (SSSR count). The first-order valence-electron chi connectivity index (χ1n) is 7.68. The minimum absolute atomic E-state index is 0.177. The van der Waals surface area contributed by atoms with Crippen LogP contribution in [-0.4, -0.2) is 29.0 Å². The highest BCUT2D eigenvalue weighted by Gasteiger charge is 2.06. The molecule has 2 N–H and O–H groups in total. The number of aromatic nitrogens is 2. The van der Waals surface area contributed by atoms with Crippen molar-refractivity contribution in [2.24, 2.45) is 0 Å². The van der Waals surface area contributed by atoms with Gasteiger partial charge in [-0.3, -0.25) is 9.78 Å². The zero-order valence-electron chi connectivity index (χ0n) is 13.0. The molecular formula is C18H17N3O2S. The number of fused-ring (bicyclic) bond motifs is 1. The first-order valence-corrected chi connectivity index (χ1v) is 8.09. The molecule has 0 atom stereocenters. The molecule has 0 aliphatic carbocycles. The van der Waals surface area contributed by atoms with Crippen LogP contribution in [0.25, 0.3) is 10.9 Å². The van der Waals surface area contributed by atoms with Gasteiger partial charge >= 0.3 is 0 Å². The predicted molar refractivity (Wildman–Crippen MR) is 95.8 cm³/mol. The molecule has 0 fully saturated rings. The number of carbonyl (C=O) groups is 1. The Morgan fingerprint density at radius 2 is 2.08 bits per heavy atom. The number of hydrogen-bond donors (Lipinski definition) is 2. The van der Waals surface area contributed by atoms with Crippen molar-refractivity contribution >= 4 is 29.0 Å². The van der Waals surface area contributed by atoms with Crippen LogP contribution >= 0.6 is 12.2 Å². The molecule has 1 amide bonds. The molecule has 3 aromatic rings. The highest BCUT2D eigenvalue weighted by atomic mass is 32.1. The Bertz CT molecular complexity index is 902. The van der Waals surface area contributed by atoms with Gasteiger partial charge in [0, 0.05) is 24.3 Å². The second-order valence-electron chi connectivity index (χ2n) is 5.20. The maximum atomic E-state index is 12.0. The minimum Gasteiger partial charge on any atom is -0.491 e. The number of benzene rings is 1. The number of amides is 1. The van der Waals surface area contributed by atoms with Crippen molar-refractivity contribution in [1.82, 2.24) is 15.3 Å². The molecule has 1 aromatic carbocycles. The van der Waals surface area contributed by atoms with E-state index in [1.807, 2.05) is 30.3 Å². The number of ether oxygens (including phenoxy) is 1. The summed E-state index contributed by atoms with van der Waals surface area (Å²) >= 11 is 5.09. The fourth-order valence-corrected chi connectivity index (χ4v) is 2.57. The number of carbonyl (C=O) groups excluding carboxylic acids is 1. The van der Waals surface area contributed by atoms with E-state index in [0.717, 1.165) is 16.7 Å². The van der Waals surface area contributed by atoms with Crippen molar-refractivity contribution in [1.29, 1.82) is 0 Å². The second-order valence-corrected chi connectivity index (χ2v) is 5.61. The van der Waals surface area contributed by atoms with Crippen molar-refractivity contribution in [3.05, 3.63) is 65.1 Å². The maximum absolute atomic E-state index is 12.0. The summed E-state index contributed by atoms with van der Waals surface area (Å²) in [6.45, 7) is 1.01. The Hall–Kier alpha value is -2.73. The minimum atomic E-state index is -0.177. The van der Waals surface area contributed by atoms with Gasteiger partial charge in [0.2, 0.25) is 0 Å². The third-order valence-electron chi connectivity index (χ3n) is 3.52. The number of pyridine rings is 2. The van der Waals surface area contributed by atoms with Crippen molar-refractivity contribution in [3.63, 3.8) is 0 Å². The van der Waals surface area contributed by atoms with E-state index in [1.165, 1.54) is 0 Å². The molecule has 0 bridgehead atoms. The van der Waals surface area contributed by atoms with E-state index in [4.69, 9.17) is 17.0 Å². The molecule has 0 aliphatic rings. The monoisotopic (exact) mass is 339 g/mol. The van der Waals surface area contributed by atoms with Gasteiger partial charge in [0.1, 0.15) is 15.9 Å². The number of rotatable bonds is 6. The van der Waals surface area contributed by atoms with Gasteiger partial charge < -0.3 is 15.0 Å². The number of H-pyrrole nitrogens is 1. The Morgan fingerprint density at radius 1 is 1.21 bits per heavy atom. The van der Waals surface area contributed by atoms with E-state index < -0.39 is 0 Å². The van der Waals surface area contributed by atoms with Crippen LogP contribution < -0.4 is 10.1 Å². The second kappa shape index (κ2) is 7.70. The lowest BCUT2D eigenvalue weighted by atomic mass is 10.2. The number of hydrogen-bond acceptors (Lipinski definition) is 4. The van der Waals surface area contributed by atoms with Crippen LogP contribution in [0.15, 0.2) is 54.9 Å². The average molecular weight is 339 g/mol. The maximum Gasteiger partial charge on any atom is 0.254 e. The summed E-state index contributed by atoms with van der Waals surface area (Å²) in [5.41, 5.74) is 1.33. The molecule has 0 saturated heterocycles. The molecule has 0 radical (unpaired) electrons. The standard InChI is InChI=1S/C18H17N3O2S/c22-17(14-7-3-10-21-18(14)24)20-11-4-12-23-15-8-1-5-13-6-2-9-19-16(13)15/h1-3,5-10H,4,11-12H2,(H,20,22)(H,21,24). The van der Waals surface area contributed by atoms with Crippen LogP contribution in [0.3, 0.4) is 0 Å². The Labute approximate surface area is 144 Å². The van der Waals surface area contributed by atoms with Gasteiger partial charge in [-0.2, -0.15) is 0 Å².